The number of aliphatic imine (C=N–C) groups is 1. The van der Waals surface area contributed by atoms with Crippen molar-refractivity contribution in [2.45, 2.75) is 52.7 Å². The molecule has 0 fully saturated rings. The number of rotatable bonds is 12. The minimum absolute atomic E-state index is 0.234. The molecule has 0 bridgehead atoms. The van der Waals surface area contributed by atoms with Gasteiger partial charge in [-0.15, -0.1) is 0 Å². The first-order valence-electron chi connectivity index (χ1n) is 14.6. The average molecular weight is 596 g/mol. The second-order valence-corrected chi connectivity index (χ2v) is 11.0. The standard InChI is InChI=1S/C35H42FN7O/c1-8-33-41-31(35(44)42-34(23(6)38)27-13-11-26(12-14-27)22(5)37)18-32(43(33)9-2)24(7)39-19-25-10-15-28(36)30(17-25)40-29-16-20(3)21(29)4/h8,10-15,17-18,23,34,39-40H,3,5,7,9,16,19,37-38H2,1-2,4,6H3,(H,42,44)/b33-8-/t23?,34-/m0/s1. The van der Waals surface area contributed by atoms with Crippen molar-refractivity contribution in [1.29, 1.82) is 0 Å². The van der Waals surface area contributed by atoms with Gasteiger partial charge in [0.25, 0.3) is 5.91 Å². The van der Waals surface area contributed by atoms with Gasteiger partial charge in [0.15, 0.2) is 0 Å². The molecule has 2 atom stereocenters. The minimum Gasteiger partial charge on any atom is -0.399 e. The number of hydrogen-bond acceptors (Lipinski definition) is 7. The fourth-order valence-electron chi connectivity index (χ4n) is 5.07. The van der Waals surface area contributed by atoms with Crippen molar-refractivity contribution in [3.05, 3.63) is 131 Å². The maximum atomic E-state index is 14.6. The zero-order chi connectivity index (χ0) is 32.1. The molecule has 1 aliphatic heterocycles. The summed E-state index contributed by atoms with van der Waals surface area (Å²) in [6.07, 6.45) is 4.29. The Kier molecular flexibility index (Phi) is 9.90. The number of allylic oxidation sites excluding steroid dienone is 3. The van der Waals surface area contributed by atoms with Crippen LogP contribution in [0, 0.1) is 5.82 Å². The number of anilines is 1. The number of nitrogens with two attached hydrogens (primary N) is 2. The molecule has 0 saturated heterocycles. The third-order valence-electron chi connectivity index (χ3n) is 7.84. The fraction of sp³-hybridized carbons (Fsp3) is 0.257. The zero-order valence-corrected chi connectivity index (χ0v) is 25.9. The number of carbonyl (C=O) groups excluding carboxylic acids is 1. The first-order valence-corrected chi connectivity index (χ1v) is 14.6. The van der Waals surface area contributed by atoms with Crippen LogP contribution in [0.25, 0.3) is 5.70 Å². The number of amides is 1. The van der Waals surface area contributed by atoms with Crippen LogP contribution in [0.4, 0.5) is 10.1 Å². The maximum Gasteiger partial charge on any atom is 0.270 e. The third-order valence-corrected chi connectivity index (χ3v) is 7.84. The Hall–Kier alpha value is -4.89. The lowest BCUT2D eigenvalue weighted by Crippen LogP contribution is -2.43. The normalized spacial score (nSPS) is 16.9. The largest absolute Gasteiger partial charge is 0.399 e. The highest BCUT2D eigenvalue weighted by Gasteiger charge is 2.27. The number of nitrogens with one attached hydrogen (secondary N) is 3. The number of likely N-dealkylation sites (N-methyl/N-ethyl adjacent to an activating group) is 1. The molecule has 44 heavy (non-hydrogen) atoms. The topological polar surface area (TPSA) is 121 Å². The van der Waals surface area contributed by atoms with E-state index in [0.29, 0.717) is 41.7 Å². The van der Waals surface area contributed by atoms with Gasteiger partial charge in [0.2, 0.25) is 0 Å². The van der Waals surface area contributed by atoms with Gasteiger partial charge < -0.3 is 32.3 Å². The Morgan fingerprint density at radius 2 is 1.91 bits per heavy atom. The summed E-state index contributed by atoms with van der Waals surface area (Å²) < 4.78 is 14.6. The van der Waals surface area contributed by atoms with Crippen LogP contribution >= 0.6 is 0 Å². The van der Waals surface area contributed by atoms with E-state index >= 15 is 0 Å². The van der Waals surface area contributed by atoms with E-state index in [1.54, 1.807) is 18.2 Å². The Morgan fingerprint density at radius 1 is 1.20 bits per heavy atom. The van der Waals surface area contributed by atoms with Crippen LogP contribution in [0.15, 0.2) is 113 Å². The van der Waals surface area contributed by atoms with Crippen LogP contribution in [0.2, 0.25) is 0 Å². The zero-order valence-electron chi connectivity index (χ0n) is 25.9. The Bertz CT molecular complexity index is 1610. The molecule has 1 aliphatic carbocycles. The van der Waals surface area contributed by atoms with E-state index in [1.165, 1.54) is 6.07 Å². The number of carbonyl (C=O) groups is 1. The van der Waals surface area contributed by atoms with Crippen LogP contribution in [0.5, 0.6) is 0 Å². The van der Waals surface area contributed by atoms with E-state index < -0.39 is 6.04 Å². The number of hydrogen-bond donors (Lipinski definition) is 5. The highest BCUT2D eigenvalue weighted by molar-refractivity contribution is 6.44. The first-order chi connectivity index (χ1) is 20.9. The molecule has 2 aromatic carbocycles. The van der Waals surface area contributed by atoms with E-state index in [9.17, 15) is 9.18 Å². The summed E-state index contributed by atoms with van der Waals surface area (Å²) in [5.74, 6) is -0.0641. The first kappa shape index (κ1) is 32.0. The molecule has 230 valence electrons. The predicted molar refractivity (Wildman–Crippen MR) is 178 cm³/mol. The van der Waals surface area contributed by atoms with Crippen molar-refractivity contribution in [3.63, 3.8) is 0 Å². The van der Waals surface area contributed by atoms with Crippen molar-refractivity contribution >= 4 is 23.0 Å². The van der Waals surface area contributed by atoms with Gasteiger partial charge in [0.05, 0.1) is 23.1 Å². The van der Waals surface area contributed by atoms with Gasteiger partial charge >= 0.3 is 0 Å². The quantitative estimate of drug-likeness (QED) is 0.214. The van der Waals surface area contributed by atoms with Crippen LogP contribution in [-0.4, -0.2) is 29.1 Å². The van der Waals surface area contributed by atoms with Crippen molar-refractivity contribution in [3.8, 4) is 0 Å². The van der Waals surface area contributed by atoms with Gasteiger partial charge in [0.1, 0.15) is 17.3 Å². The lowest BCUT2D eigenvalue weighted by Gasteiger charge is -2.32. The minimum atomic E-state index is -0.458. The molecule has 7 N–H and O–H groups in total. The van der Waals surface area contributed by atoms with E-state index in [0.717, 1.165) is 40.0 Å². The van der Waals surface area contributed by atoms with Crippen molar-refractivity contribution in [2.24, 2.45) is 16.5 Å². The third kappa shape index (κ3) is 7.01. The van der Waals surface area contributed by atoms with Gasteiger partial charge in [0, 0.05) is 36.9 Å². The van der Waals surface area contributed by atoms with Crippen molar-refractivity contribution < 1.29 is 9.18 Å². The lowest BCUT2D eigenvalue weighted by atomic mass is 9.90. The fourth-order valence-corrected chi connectivity index (χ4v) is 5.07. The van der Waals surface area contributed by atoms with Crippen LogP contribution in [-0.2, 0) is 11.3 Å². The van der Waals surface area contributed by atoms with E-state index in [1.807, 2.05) is 62.9 Å². The summed E-state index contributed by atoms with van der Waals surface area (Å²) in [7, 11) is 0. The van der Waals surface area contributed by atoms with Gasteiger partial charge in [-0.1, -0.05) is 50.1 Å². The molecule has 1 heterocycles. The molecule has 8 nitrogen and oxygen atoms in total. The van der Waals surface area contributed by atoms with Crippen LogP contribution in [0.3, 0.4) is 0 Å². The summed E-state index contributed by atoms with van der Waals surface area (Å²) >= 11 is 0. The maximum absolute atomic E-state index is 14.6. The van der Waals surface area contributed by atoms with Crippen molar-refractivity contribution in [2.75, 3.05) is 11.9 Å². The summed E-state index contributed by atoms with van der Waals surface area (Å²) in [4.78, 5) is 20.2. The molecule has 4 rings (SSSR count). The SMILES string of the molecule is C=C1CC(Nc2cc(CNC(=C)C3=CC(C(=O)N[C@H](c4ccc(C(=C)N)cc4)C(C)N)=N/C(=C/C)N3CC)ccc2F)=C1C. The molecule has 2 aliphatic rings. The smallest absolute Gasteiger partial charge is 0.270 e. The summed E-state index contributed by atoms with van der Waals surface area (Å²) in [5.41, 5.74) is 20.1. The molecule has 0 spiro atoms. The predicted octanol–water partition coefficient (Wildman–Crippen LogP) is 5.73. The highest BCUT2D eigenvalue weighted by Crippen LogP contribution is 2.33. The van der Waals surface area contributed by atoms with E-state index in [-0.39, 0.29) is 23.5 Å². The lowest BCUT2D eigenvalue weighted by molar-refractivity contribution is -0.115. The number of nitrogens with zero attached hydrogens (tertiary/aromatic N) is 2. The second-order valence-electron chi connectivity index (χ2n) is 11.0. The van der Waals surface area contributed by atoms with Gasteiger partial charge in [-0.25, -0.2) is 9.38 Å². The molecule has 0 saturated carbocycles. The van der Waals surface area contributed by atoms with Crippen LogP contribution < -0.4 is 27.4 Å². The molecule has 1 amide bonds. The molecular formula is C35H42FN7O. The van der Waals surface area contributed by atoms with E-state index in [4.69, 9.17) is 11.5 Å². The van der Waals surface area contributed by atoms with Gasteiger partial charge in [-0.2, -0.15) is 0 Å². The highest BCUT2D eigenvalue weighted by atomic mass is 19.1. The Labute approximate surface area is 259 Å². The summed E-state index contributed by atoms with van der Waals surface area (Å²) in [5, 5.41) is 9.59. The average Bonchev–Trinajstić information content (AvgIpc) is 3.02. The van der Waals surface area contributed by atoms with Gasteiger partial charge in [-0.3, -0.25) is 4.79 Å². The molecule has 9 heteroatoms. The van der Waals surface area contributed by atoms with E-state index in [2.05, 4.69) is 40.7 Å². The summed E-state index contributed by atoms with van der Waals surface area (Å²) in [6, 6.07) is 11.6. The van der Waals surface area contributed by atoms with Crippen molar-refractivity contribution in [1.82, 2.24) is 15.5 Å². The molecule has 0 radical (unpaired) electrons. The van der Waals surface area contributed by atoms with Crippen LogP contribution in [0.1, 0.15) is 56.8 Å². The number of halogens is 1. The monoisotopic (exact) mass is 595 g/mol. The second kappa shape index (κ2) is 13.6. The summed E-state index contributed by atoms with van der Waals surface area (Å²) in [6.45, 7) is 20.7. The Morgan fingerprint density at radius 3 is 2.48 bits per heavy atom. The molecular weight excluding hydrogens is 553 g/mol. The molecule has 2 aromatic rings. The Balaban J connectivity index is 1.52. The van der Waals surface area contributed by atoms with Gasteiger partial charge in [-0.05, 0) is 79.8 Å². The molecule has 0 aromatic heterocycles. The number of benzene rings is 2. The molecule has 1 unspecified atom stereocenters.